The Morgan fingerprint density at radius 1 is 1.33 bits per heavy atom. The summed E-state index contributed by atoms with van der Waals surface area (Å²) in [6.45, 7) is 3.26. The number of amides is 2. The molecule has 7 nitrogen and oxygen atoms in total. The maximum Gasteiger partial charge on any atom is 0.273 e. The van der Waals surface area contributed by atoms with E-state index in [-0.39, 0.29) is 11.8 Å². The largest absolute Gasteiger partial charge is 0.353 e. The van der Waals surface area contributed by atoms with Crippen molar-refractivity contribution in [3.05, 3.63) is 30.0 Å². The van der Waals surface area contributed by atoms with Crippen molar-refractivity contribution >= 4 is 22.7 Å². The topological polar surface area (TPSA) is 98.9 Å². The Balaban J connectivity index is 1.54. The minimum absolute atomic E-state index is 0.185. The summed E-state index contributed by atoms with van der Waals surface area (Å²) >= 11 is 0. The highest BCUT2D eigenvalue weighted by Gasteiger charge is 2.21. The normalized spacial score (nSPS) is 19.0. The van der Waals surface area contributed by atoms with Gasteiger partial charge in [-0.05, 0) is 32.4 Å². The van der Waals surface area contributed by atoms with Crippen LogP contribution in [0.1, 0.15) is 36.7 Å². The summed E-state index contributed by atoms with van der Waals surface area (Å²) in [5.41, 5.74) is 1.10. The highest BCUT2D eigenvalue weighted by molar-refractivity contribution is 6.05. The van der Waals surface area contributed by atoms with Crippen molar-refractivity contribution in [2.75, 3.05) is 13.1 Å². The zero-order chi connectivity index (χ0) is 16.9. The fourth-order valence-electron chi connectivity index (χ4n) is 2.94. The van der Waals surface area contributed by atoms with Gasteiger partial charge in [0.05, 0.1) is 5.52 Å². The number of hydrogen-bond donors (Lipinski definition) is 4. The van der Waals surface area contributed by atoms with Gasteiger partial charge in [-0.1, -0.05) is 24.6 Å². The molecule has 1 aliphatic rings. The van der Waals surface area contributed by atoms with Crippen LogP contribution < -0.4 is 16.0 Å². The van der Waals surface area contributed by atoms with Crippen molar-refractivity contribution < 1.29 is 9.59 Å². The number of piperidine rings is 1. The average Bonchev–Trinajstić information content (AvgIpc) is 3.04. The summed E-state index contributed by atoms with van der Waals surface area (Å²) in [4.78, 5) is 24.5. The van der Waals surface area contributed by atoms with Crippen molar-refractivity contribution in [3.8, 4) is 0 Å². The van der Waals surface area contributed by atoms with E-state index in [1.54, 1.807) is 6.92 Å². The van der Waals surface area contributed by atoms with Crippen LogP contribution in [-0.2, 0) is 4.79 Å². The number of aromatic nitrogens is 2. The molecule has 2 amide bonds. The predicted octanol–water partition coefficient (Wildman–Crippen LogP) is 0.939. The first kappa shape index (κ1) is 16.4. The Morgan fingerprint density at radius 3 is 2.96 bits per heavy atom. The number of nitrogens with one attached hydrogen (secondary N) is 4. The van der Waals surface area contributed by atoms with Crippen LogP contribution in [0.15, 0.2) is 24.3 Å². The molecule has 2 aromatic rings. The number of aromatic amines is 1. The minimum Gasteiger partial charge on any atom is -0.353 e. The molecule has 3 rings (SSSR count). The SMILES string of the molecule is CC(NC(=O)c1n[nH]c2ccccc12)C(=O)NCC1CCCCN1. The predicted molar refractivity (Wildman–Crippen MR) is 91.7 cm³/mol. The van der Waals surface area contributed by atoms with Gasteiger partial charge < -0.3 is 16.0 Å². The Morgan fingerprint density at radius 2 is 2.17 bits per heavy atom. The van der Waals surface area contributed by atoms with Gasteiger partial charge >= 0.3 is 0 Å². The van der Waals surface area contributed by atoms with Gasteiger partial charge in [0.1, 0.15) is 6.04 Å². The number of benzene rings is 1. The number of fused-ring (bicyclic) bond motifs is 1. The van der Waals surface area contributed by atoms with E-state index in [9.17, 15) is 9.59 Å². The Labute approximate surface area is 140 Å². The van der Waals surface area contributed by atoms with E-state index in [0.717, 1.165) is 23.9 Å². The maximum absolute atomic E-state index is 12.4. The fourth-order valence-corrected chi connectivity index (χ4v) is 2.94. The molecule has 1 saturated heterocycles. The van der Waals surface area contributed by atoms with Gasteiger partial charge in [-0.15, -0.1) is 0 Å². The second-order valence-corrected chi connectivity index (χ2v) is 6.20. The monoisotopic (exact) mass is 329 g/mol. The Bertz CT molecular complexity index is 721. The smallest absolute Gasteiger partial charge is 0.273 e. The lowest BCUT2D eigenvalue weighted by Gasteiger charge is -2.24. The molecule has 24 heavy (non-hydrogen) atoms. The molecule has 0 bridgehead atoms. The molecule has 1 aromatic heterocycles. The number of carbonyl (C=O) groups is 2. The number of hydrogen-bond acceptors (Lipinski definition) is 4. The molecule has 0 spiro atoms. The molecule has 2 heterocycles. The van der Waals surface area contributed by atoms with Crippen LogP contribution in [-0.4, -0.2) is 47.2 Å². The summed E-state index contributed by atoms with van der Waals surface area (Å²) in [6, 6.07) is 7.11. The molecule has 1 aliphatic heterocycles. The van der Waals surface area contributed by atoms with Crippen LogP contribution in [0.2, 0.25) is 0 Å². The van der Waals surface area contributed by atoms with Crippen LogP contribution in [0.4, 0.5) is 0 Å². The van der Waals surface area contributed by atoms with Crippen LogP contribution >= 0.6 is 0 Å². The Hall–Kier alpha value is -2.41. The first-order valence-electron chi connectivity index (χ1n) is 8.40. The van der Waals surface area contributed by atoms with Crippen LogP contribution in [0.3, 0.4) is 0 Å². The van der Waals surface area contributed by atoms with Gasteiger partial charge in [0, 0.05) is 18.0 Å². The van der Waals surface area contributed by atoms with Crippen molar-refractivity contribution in [2.24, 2.45) is 0 Å². The van der Waals surface area contributed by atoms with E-state index in [4.69, 9.17) is 0 Å². The molecule has 0 radical (unpaired) electrons. The van der Waals surface area contributed by atoms with Gasteiger partial charge in [-0.25, -0.2) is 0 Å². The number of carbonyl (C=O) groups excluding carboxylic acids is 2. The molecular formula is C17H23N5O2. The molecule has 1 aromatic carbocycles. The van der Waals surface area contributed by atoms with Crippen LogP contribution in [0.25, 0.3) is 10.9 Å². The molecule has 0 saturated carbocycles. The van der Waals surface area contributed by atoms with E-state index >= 15 is 0 Å². The Kier molecular flexibility index (Phi) is 5.10. The molecule has 128 valence electrons. The number of para-hydroxylation sites is 1. The number of H-pyrrole nitrogens is 1. The highest BCUT2D eigenvalue weighted by atomic mass is 16.2. The summed E-state index contributed by atoms with van der Waals surface area (Å²) in [5.74, 6) is -0.540. The standard InChI is InChI=1S/C17H23N5O2/c1-11(16(23)19-10-12-6-4-5-9-18-12)20-17(24)15-13-7-2-3-8-14(13)21-22-15/h2-3,7-8,11-12,18H,4-6,9-10H2,1H3,(H,19,23)(H,20,24)(H,21,22). The lowest BCUT2D eigenvalue weighted by atomic mass is 10.1. The first-order chi connectivity index (χ1) is 11.6. The first-order valence-corrected chi connectivity index (χ1v) is 8.40. The van der Waals surface area contributed by atoms with Gasteiger partial charge in [0.15, 0.2) is 5.69 Å². The molecule has 2 atom stereocenters. The summed E-state index contributed by atoms with van der Waals surface area (Å²) < 4.78 is 0. The third-order valence-corrected chi connectivity index (χ3v) is 4.36. The van der Waals surface area contributed by atoms with Gasteiger partial charge in [0.2, 0.25) is 5.91 Å². The maximum atomic E-state index is 12.4. The lowest BCUT2D eigenvalue weighted by molar-refractivity contribution is -0.122. The van der Waals surface area contributed by atoms with Gasteiger partial charge in [0.25, 0.3) is 5.91 Å². The molecule has 4 N–H and O–H groups in total. The molecule has 7 heteroatoms. The zero-order valence-electron chi connectivity index (χ0n) is 13.8. The minimum atomic E-state index is -0.614. The number of rotatable bonds is 5. The third-order valence-electron chi connectivity index (χ3n) is 4.36. The van der Waals surface area contributed by atoms with Crippen molar-refractivity contribution in [1.29, 1.82) is 0 Å². The van der Waals surface area contributed by atoms with E-state index in [1.165, 1.54) is 12.8 Å². The second-order valence-electron chi connectivity index (χ2n) is 6.20. The van der Waals surface area contributed by atoms with Crippen LogP contribution in [0.5, 0.6) is 0 Å². The zero-order valence-corrected chi connectivity index (χ0v) is 13.8. The van der Waals surface area contributed by atoms with Crippen molar-refractivity contribution in [3.63, 3.8) is 0 Å². The van der Waals surface area contributed by atoms with E-state index in [1.807, 2.05) is 24.3 Å². The summed E-state index contributed by atoms with van der Waals surface area (Å²) in [5, 5.41) is 16.6. The van der Waals surface area contributed by atoms with E-state index in [0.29, 0.717) is 18.3 Å². The second kappa shape index (κ2) is 7.44. The summed E-state index contributed by atoms with van der Waals surface area (Å²) in [6.07, 6.45) is 3.45. The highest BCUT2D eigenvalue weighted by Crippen LogP contribution is 2.14. The molecule has 0 aliphatic carbocycles. The average molecular weight is 329 g/mol. The van der Waals surface area contributed by atoms with Gasteiger partial charge in [-0.2, -0.15) is 5.10 Å². The fraction of sp³-hybridized carbons (Fsp3) is 0.471. The third kappa shape index (κ3) is 3.73. The van der Waals surface area contributed by atoms with Gasteiger partial charge in [-0.3, -0.25) is 14.7 Å². The van der Waals surface area contributed by atoms with Crippen molar-refractivity contribution in [1.82, 2.24) is 26.1 Å². The lowest BCUT2D eigenvalue weighted by Crippen LogP contribution is -2.49. The molecule has 1 fully saturated rings. The number of nitrogens with zero attached hydrogens (tertiary/aromatic N) is 1. The van der Waals surface area contributed by atoms with E-state index < -0.39 is 6.04 Å². The quantitative estimate of drug-likeness (QED) is 0.656. The summed E-state index contributed by atoms with van der Waals surface area (Å²) in [7, 11) is 0. The van der Waals surface area contributed by atoms with Crippen molar-refractivity contribution in [2.45, 2.75) is 38.3 Å². The van der Waals surface area contributed by atoms with E-state index in [2.05, 4.69) is 26.1 Å². The van der Waals surface area contributed by atoms with Crippen LogP contribution in [0, 0.1) is 0 Å². The molecule has 2 unspecified atom stereocenters. The molecular weight excluding hydrogens is 306 g/mol.